The predicted octanol–water partition coefficient (Wildman–Crippen LogP) is 5.87. The van der Waals surface area contributed by atoms with E-state index in [1.54, 1.807) is 0 Å². The summed E-state index contributed by atoms with van der Waals surface area (Å²) in [5.74, 6) is 2.00. The summed E-state index contributed by atoms with van der Waals surface area (Å²) < 4.78 is 20.3. The van der Waals surface area contributed by atoms with Gasteiger partial charge in [-0.1, -0.05) is 15.9 Å². The van der Waals surface area contributed by atoms with Crippen LogP contribution < -0.4 is 4.74 Å². The Balaban J connectivity index is 1.95. The van der Waals surface area contributed by atoms with Gasteiger partial charge in [-0.15, -0.1) is 0 Å². The van der Waals surface area contributed by atoms with E-state index in [9.17, 15) is 4.39 Å². The van der Waals surface area contributed by atoms with E-state index in [0.717, 1.165) is 27.1 Å². The smallest absolute Gasteiger partial charge is 0.133 e. The molecule has 1 nitrogen and oxygen atoms in total. The average Bonchev–Trinajstić information content (AvgIpc) is 3.17. The number of halogens is 2. The van der Waals surface area contributed by atoms with Crippen LogP contribution in [0.1, 0.15) is 35.4 Å². The molecule has 1 aliphatic rings. The van der Waals surface area contributed by atoms with Gasteiger partial charge in [-0.05, 0) is 79.6 Å². The molecule has 0 heterocycles. The van der Waals surface area contributed by atoms with Crippen molar-refractivity contribution in [3.8, 4) is 11.5 Å². The first-order valence-electron chi connectivity index (χ1n) is 6.78. The van der Waals surface area contributed by atoms with Crippen molar-refractivity contribution in [2.45, 2.75) is 32.6 Å². The molecule has 3 heteroatoms. The fourth-order valence-corrected chi connectivity index (χ4v) is 2.96. The van der Waals surface area contributed by atoms with Crippen molar-refractivity contribution in [1.82, 2.24) is 0 Å². The second kappa shape index (κ2) is 5.21. The molecule has 0 N–H and O–H groups in total. The van der Waals surface area contributed by atoms with Crippen LogP contribution in [0.4, 0.5) is 4.39 Å². The Morgan fingerprint density at radius 3 is 2.30 bits per heavy atom. The highest BCUT2D eigenvalue weighted by molar-refractivity contribution is 9.10. The zero-order valence-corrected chi connectivity index (χ0v) is 13.1. The third-order valence-electron chi connectivity index (χ3n) is 3.59. The summed E-state index contributed by atoms with van der Waals surface area (Å²) in [6.45, 7) is 3.73. The van der Waals surface area contributed by atoms with E-state index in [1.807, 2.05) is 19.9 Å². The first kappa shape index (κ1) is 13.6. The molecule has 0 radical (unpaired) electrons. The van der Waals surface area contributed by atoms with Crippen molar-refractivity contribution in [3.05, 3.63) is 57.3 Å². The highest BCUT2D eigenvalue weighted by Gasteiger charge is 2.24. The van der Waals surface area contributed by atoms with Crippen LogP contribution >= 0.6 is 15.9 Å². The monoisotopic (exact) mass is 334 g/mol. The van der Waals surface area contributed by atoms with E-state index in [4.69, 9.17) is 4.74 Å². The number of ether oxygens (including phenoxy) is 1. The number of hydrogen-bond donors (Lipinski definition) is 0. The highest BCUT2D eigenvalue weighted by Crippen LogP contribution is 2.43. The number of rotatable bonds is 3. The Morgan fingerprint density at radius 1 is 1.05 bits per heavy atom. The zero-order chi connectivity index (χ0) is 14.3. The quantitative estimate of drug-likeness (QED) is 0.681. The number of aryl methyl sites for hydroxylation is 2. The number of hydrogen-bond acceptors (Lipinski definition) is 1. The lowest BCUT2D eigenvalue weighted by molar-refractivity contribution is 0.471. The second-order valence-corrected chi connectivity index (χ2v) is 6.38. The van der Waals surface area contributed by atoms with Gasteiger partial charge in [-0.25, -0.2) is 4.39 Å². The van der Waals surface area contributed by atoms with Crippen molar-refractivity contribution in [3.63, 3.8) is 0 Å². The Bertz CT molecular complexity index is 639. The summed E-state index contributed by atoms with van der Waals surface area (Å²) in [4.78, 5) is 0. The van der Waals surface area contributed by atoms with Gasteiger partial charge in [0.25, 0.3) is 0 Å². The highest BCUT2D eigenvalue weighted by atomic mass is 79.9. The minimum atomic E-state index is -0.222. The Morgan fingerprint density at radius 2 is 1.70 bits per heavy atom. The molecular weight excluding hydrogens is 319 g/mol. The van der Waals surface area contributed by atoms with Gasteiger partial charge in [0.05, 0.1) is 0 Å². The lowest BCUT2D eigenvalue weighted by atomic mass is 10.1. The summed E-state index contributed by atoms with van der Waals surface area (Å²) in [5.41, 5.74) is 2.94. The molecule has 2 aromatic carbocycles. The van der Waals surface area contributed by atoms with Gasteiger partial charge >= 0.3 is 0 Å². The van der Waals surface area contributed by atoms with Gasteiger partial charge < -0.3 is 4.74 Å². The van der Waals surface area contributed by atoms with Crippen LogP contribution in [0.2, 0.25) is 0 Å². The molecule has 0 amide bonds. The van der Waals surface area contributed by atoms with Gasteiger partial charge in [0.15, 0.2) is 0 Å². The summed E-state index contributed by atoms with van der Waals surface area (Å²) in [7, 11) is 0. The third kappa shape index (κ3) is 2.88. The standard InChI is InChI=1S/C17H16BrFO/c1-10-5-15(19)6-11(2)17(10)20-16-8-13(12-3-4-12)7-14(18)9-16/h5-9,12H,3-4H2,1-2H3. The predicted molar refractivity (Wildman–Crippen MR) is 82.1 cm³/mol. The Kier molecular flexibility index (Phi) is 3.55. The Labute approximate surface area is 126 Å². The summed E-state index contributed by atoms with van der Waals surface area (Å²) in [6, 6.07) is 9.19. The molecule has 3 rings (SSSR count). The SMILES string of the molecule is Cc1cc(F)cc(C)c1Oc1cc(Br)cc(C2CC2)c1. The van der Waals surface area contributed by atoms with E-state index >= 15 is 0 Å². The van der Waals surface area contributed by atoms with Crippen LogP contribution in [0.15, 0.2) is 34.8 Å². The topological polar surface area (TPSA) is 9.23 Å². The molecule has 0 saturated heterocycles. The normalized spacial score (nSPS) is 14.4. The molecule has 0 aliphatic heterocycles. The lowest BCUT2D eigenvalue weighted by Gasteiger charge is -2.13. The van der Waals surface area contributed by atoms with Crippen molar-refractivity contribution in [2.75, 3.05) is 0 Å². The van der Waals surface area contributed by atoms with E-state index in [2.05, 4.69) is 28.1 Å². The molecule has 104 valence electrons. The van der Waals surface area contributed by atoms with Gasteiger partial charge in [-0.3, -0.25) is 0 Å². The molecule has 20 heavy (non-hydrogen) atoms. The van der Waals surface area contributed by atoms with Crippen LogP contribution in [-0.2, 0) is 0 Å². The van der Waals surface area contributed by atoms with E-state index in [-0.39, 0.29) is 5.82 Å². The largest absolute Gasteiger partial charge is 0.457 e. The first-order valence-corrected chi connectivity index (χ1v) is 7.57. The van der Waals surface area contributed by atoms with Crippen molar-refractivity contribution < 1.29 is 9.13 Å². The minimum Gasteiger partial charge on any atom is -0.457 e. The van der Waals surface area contributed by atoms with Gasteiger partial charge in [0.1, 0.15) is 17.3 Å². The van der Waals surface area contributed by atoms with Crippen LogP contribution in [0.25, 0.3) is 0 Å². The molecule has 0 atom stereocenters. The maximum absolute atomic E-state index is 13.3. The van der Waals surface area contributed by atoms with Crippen molar-refractivity contribution in [2.24, 2.45) is 0 Å². The van der Waals surface area contributed by atoms with Crippen LogP contribution in [0, 0.1) is 19.7 Å². The lowest BCUT2D eigenvalue weighted by Crippen LogP contribution is -1.93. The van der Waals surface area contributed by atoms with Crippen molar-refractivity contribution >= 4 is 15.9 Å². The molecule has 1 saturated carbocycles. The molecule has 0 unspecified atom stereocenters. The van der Waals surface area contributed by atoms with Gasteiger partial charge in [0, 0.05) is 4.47 Å². The maximum atomic E-state index is 13.3. The van der Waals surface area contributed by atoms with Gasteiger partial charge in [-0.2, -0.15) is 0 Å². The summed E-state index contributed by atoms with van der Waals surface area (Å²) in [5, 5.41) is 0. The molecular formula is C17H16BrFO. The van der Waals surface area contributed by atoms with E-state index < -0.39 is 0 Å². The minimum absolute atomic E-state index is 0.222. The summed E-state index contributed by atoms with van der Waals surface area (Å²) >= 11 is 3.53. The van der Waals surface area contributed by atoms with Crippen LogP contribution in [0.5, 0.6) is 11.5 Å². The molecule has 2 aromatic rings. The number of benzene rings is 2. The van der Waals surface area contributed by atoms with Crippen molar-refractivity contribution in [1.29, 1.82) is 0 Å². The third-order valence-corrected chi connectivity index (χ3v) is 4.05. The molecule has 0 spiro atoms. The van der Waals surface area contributed by atoms with E-state index in [1.165, 1.54) is 30.5 Å². The zero-order valence-electron chi connectivity index (χ0n) is 11.5. The molecule has 0 aromatic heterocycles. The summed E-state index contributed by atoms with van der Waals surface area (Å²) in [6.07, 6.45) is 2.51. The first-order chi connectivity index (χ1) is 9.52. The molecule has 1 fully saturated rings. The maximum Gasteiger partial charge on any atom is 0.133 e. The molecule has 1 aliphatic carbocycles. The van der Waals surface area contributed by atoms with Crippen LogP contribution in [-0.4, -0.2) is 0 Å². The van der Waals surface area contributed by atoms with Gasteiger partial charge in [0.2, 0.25) is 0 Å². The Hall–Kier alpha value is -1.35. The van der Waals surface area contributed by atoms with Crippen LogP contribution in [0.3, 0.4) is 0 Å². The fourth-order valence-electron chi connectivity index (χ4n) is 2.47. The fraction of sp³-hybridized carbons (Fsp3) is 0.294. The second-order valence-electron chi connectivity index (χ2n) is 5.47. The average molecular weight is 335 g/mol. The van der Waals surface area contributed by atoms with E-state index in [0.29, 0.717) is 5.92 Å². The molecule has 0 bridgehead atoms.